The molecule has 3 rings (SSSR count). The zero-order chi connectivity index (χ0) is 14.3. The van der Waals surface area contributed by atoms with Gasteiger partial charge in [0.1, 0.15) is 4.88 Å². The van der Waals surface area contributed by atoms with Gasteiger partial charge in [0.05, 0.1) is 11.1 Å². The van der Waals surface area contributed by atoms with Gasteiger partial charge in [-0.3, -0.25) is 4.79 Å². The van der Waals surface area contributed by atoms with Crippen molar-refractivity contribution in [1.82, 2.24) is 5.32 Å². The van der Waals surface area contributed by atoms with E-state index in [1.165, 1.54) is 11.3 Å². The fraction of sp³-hybridized carbons (Fsp3) is 0.357. The molecule has 2 N–H and O–H groups in total. The molecule has 2 aromatic rings. The maximum absolute atomic E-state index is 12.2. The third kappa shape index (κ3) is 2.66. The number of fused-ring (bicyclic) bond motifs is 1. The van der Waals surface area contributed by atoms with Gasteiger partial charge in [-0.15, -0.1) is 11.3 Å². The second-order valence-electron chi connectivity index (χ2n) is 5.09. The van der Waals surface area contributed by atoms with Gasteiger partial charge < -0.3 is 10.4 Å². The molecule has 1 aliphatic carbocycles. The van der Waals surface area contributed by atoms with E-state index in [4.69, 9.17) is 23.2 Å². The molecule has 1 aromatic carbocycles. The van der Waals surface area contributed by atoms with E-state index in [-0.39, 0.29) is 12.0 Å². The van der Waals surface area contributed by atoms with E-state index in [1.807, 2.05) is 12.1 Å². The molecule has 6 heteroatoms. The minimum absolute atomic E-state index is 0.159. The summed E-state index contributed by atoms with van der Waals surface area (Å²) in [6.07, 6.45) is 1.32. The van der Waals surface area contributed by atoms with Crippen molar-refractivity contribution in [3.8, 4) is 0 Å². The fourth-order valence-electron chi connectivity index (χ4n) is 2.37. The van der Waals surface area contributed by atoms with Crippen LogP contribution in [0.1, 0.15) is 22.5 Å². The van der Waals surface area contributed by atoms with Crippen molar-refractivity contribution in [1.29, 1.82) is 0 Å². The Balaban J connectivity index is 1.75. The highest BCUT2D eigenvalue weighted by atomic mass is 35.5. The maximum atomic E-state index is 12.2. The van der Waals surface area contributed by atoms with E-state index in [1.54, 1.807) is 6.07 Å². The summed E-state index contributed by atoms with van der Waals surface area (Å²) < 4.78 is 0.909. The Morgan fingerprint density at radius 3 is 2.85 bits per heavy atom. The zero-order valence-corrected chi connectivity index (χ0v) is 12.9. The van der Waals surface area contributed by atoms with Crippen LogP contribution in [0, 0.1) is 5.92 Å². The van der Waals surface area contributed by atoms with Gasteiger partial charge in [-0.25, -0.2) is 0 Å². The predicted octanol–water partition coefficient (Wildman–Crippen LogP) is 3.71. The van der Waals surface area contributed by atoms with Gasteiger partial charge in [-0.2, -0.15) is 0 Å². The van der Waals surface area contributed by atoms with Crippen molar-refractivity contribution < 1.29 is 9.90 Å². The van der Waals surface area contributed by atoms with E-state index in [0.717, 1.165) is 22.9 Å². The normalized spacial score (nSPS) is 21.8. The summed E-state index contributed by atoms with van der Waals surface area (Å²) in [6.45, 7) is 0.585. The standard InChI is InChI=1S/C14H13Cl2NO2S/c15-8-1-2-10-11(5-8)20-13(12(10)16)14(19)17-6-7-3-9(18)4-7/h1-2,5,7,9,18H,3-4,6H2,(H,17,19). The molecule has 0 aliphatic heterocycles. The van der Waals surface area contributed by atoms with Gasteiger partial charge in [0, 0.05) is 21.7 Å². The number of hydrogen-bond donors (Lipinski definition) is 2. The molecule has 1 aliphatic rings. The summed E-state index contributed by atoms with van der Waals surface area (Å²) in [6, 6.07) is 5.40. The molecular weight excluding hydrogens is 317 g/mol. The zero-order valence-electron chi connectivity index (χ0n) is 10.5. The van der Waals surface area contributed by atoms with Crippen molar-refractivity contribution in [2.45, 2.75) is 18.9 Å². The van der Waals surface area contributed by atoms with Crippen LogP contribution in [0.15, 0.2) is 18.2 Å². The van der Waals surface area contributed by atoms with Crippen LogP contribution in [0.3, 0.4) is 0 Å². The van der Waals surface area contributed by atoms with Crippen LogP contribution >= 0.6 is 34.5 Å². The molecule has 0 spiro atoms. The first-order valence-electron chi connectivity index (χ1n) is 6.38. The largest absolute Gasteiger partial charge is 0.393 e. The first-order chi connectivity index (χ1) is 9.54. The Hall–Kier alpha value is -0.810. The van der Waals surface area contributed by atoms with Gasteiger partial charge in [-0.05, 0) is 30.9 Å². The van der Waals surface area contributed by atoms with Gasteiger partial charge in [0.25, 0.3) is 5.91 Å². The number of nitrogens with one attached hydrogen (secondary N) is 1. The molecular formula is C14H13Cl2NO2S. The Bertz CT molecular complexity index is 664. The van der Waals surface area contributed by atoms with Crippen LogP contribution in [0.5, 0.6) is 0 Å². The molecule has 106 valence electrons. The molecule has 0 atom stereocenters. The lowest BCUT2D eigenvalue weighted by molar-refractivity contribution is 0.0420. The lowest BCUT2D eigenvalue weighted by Crippen LogP contribution is -2.38. The van der Waals surface area contributed by atoms with E-state index < -0.39 is 0 Å². The van der Waals surface area contributed by atoms with E-state index in [0.29, 0.717) is 27.4 Å². The van der Waals surface area contributed by atoms with Crippen LogP contribution in [0.4, 0.5) is 0 Å². The number of rotatable bonds is 3. The van der Waals surface area contributed by atoms with Crippen molar-refractivity contribution in [2.75, 3.05) is 6.54 Å². The first-order valence-corrected chi connectivity index (χ1v) is 7.95. The molecule has 0 bridgehead atoms. The second kappa shape index (κ2) is 5.53. The molecule has 1 heterocycles. The molecule has 3 nitrogen and oxygen atoms in total. The van der Waals surface area contributed by atoms with Gasteiger partial charge >= 0.3 is 0 Å². The first kappa shape index (κ1) is 14.1. The number of halogens is 2. The second-order valence-corrected chi connectivity index (χ2v) is 6.95. The lowest BCUT2D eigenvalue weighted by atomic mass is 9.82. The topological polar surface area (TPSA) is 49.3 Å². The summed E-state index contributed by atoms with van der Waals surface area (Å²) in [4.78, 5) is 12.7. The summed E-state index contributed by atoms with van der Waals surface area (Å²) in [5.41, 5.74) is 0. The third-order valence-electron chi connectivity index (χ3n) is 3.56. The highest BCUT2D eigenvalue weighted by Crippen LogP contribution is 2.36. The molecule has 0 radical (unpaired) electrons. The van der Waals surface area contributed by atoms with Crippen LogP contribution in [0.25, 0.3) is 10.1 Å². The smallest absolute Gasteiger partial charge is 0.262 e. The molecule has 0 saturated heterocycles. The fourth-order valence-corrected chi connectivity index (χ4v) is 4.08. The van der Waals surface area contributed by atoms with Crippen molar-refractivity contribution in [3.63, 3.8) is 0 Å². The maximum Gasteiger partial charge on any atom is 0.262 e. The Morgan fingerprint density at radius 1 is 1.40 bits per heavy atom. The molecule has 1 amide bonds. The molecule has 0 unspecified atom stereocenters. The summed E-state index contributed by atoms with van der Waals surface area (Å²) in [5.74, 6) is 0.213. The number of benzene rings is 1. The molecule has 1 fully saturated rings. The summed E-state index contributed by atoms with van der Waals surface area (Å²) in [7, 11) is 0. The third-order valence-corrected chi connectivity index (χ3v) is 5.45. The monoisotopic (exact) mass is 329 g/mol. The highest BCUT2D eigenvalue weighted by molar-refractivity contribution is 7.21. The number of aliphatic hydroxyl groups excluding tert-OH is 1. The van der Waals surface area contributed by atoms with Gasteiger partial charge in [0.2, 0.25) is 0 Å². The average Bonchev–Trinajstić information content (AvgIpc) is 2.70. The van der Waals surface area contributed by atoms with Crippen LogP contribution in [0.2, 0.25) is 10.0 Å². The predicted molar refractivity (Wildman–Crippen MR) is 82.9 cm³/mol. The summed E-state index contributed by atoms with van der Waals surface area (Å²) in [5, 5.41) is 14.1. The van der Waals surface area contributed by atoms with Crippen LogP contribution < -0.4 is 5.32 Å². The van der Waals surface area contributed by atoms with E-state index in [9.17, 15) is 9.90 Å². The highest BCUT2D eigenvalue weighted by Gasteiger charge is 2.27. The van der Waals surface area contributed by atoms with Crippen molar-refractivity contribution in [3.05, 3.63) is 33.1 Å². The number of hydrogen-bond acceptors (Lipinski definition) is 3. The average molecular weight is 330 g/mol. The quantitative estimate of drug-likeness (QED) is 0.901. The Morgan fingerprint density at radius 2 is 2.15 bits per heavy atom. The van der Waals surface area contributed by atoms with Gasteiger partial charge in [-0.1, -0.05) is 29.3 Å². The van der Waals surface area contributed by atoms with Crippen LogP contribution in [-0.4, -0.2) is 23.7 Å². The van der Waals surface area contributed by atoms with Crippen molar-refractivity contribution >= 4 is 50.5 Å². The SMILES string of the molecule is O=C(NCC1CC(O)C1)c1sc2cc(Cl)ccc2c1Cl. The Kier molecular flexibility index (Phi) is 3.91. The summed E-state index contributed by atoms with van der Waals surface area (Å²) >= 11 is 13.5. The lowest BCUT2D eigenvalue weighted by Gasteiger charge is -2.31. The molecule has 20 heavy (non-hydrogen) atoms. The molecule has 1 saturated carbocycles. The number of thiophene rings is 1. The minimum Gasteiger partial charge on any atom is -0.393 e. The van der Waals surface area contributed by atoms with Crippen LogP contribution in [-0.2, 0) is 0 Å². The van der Waals surface area contributed by atoms with E-state index in [2.05, 4.69) is 5.32 Å². The van der Waals surface area contributed by atoms with E-state index >= 15 is 0 Å². The minimum atomic E-state index is -0.202. The number of carbonyl (C=O) groups excluding carboxylic acids is 1. The number of amides is 1. The van der Waals surface area contributed by atoms with Gasteiger partial charge in [0.15, 0.2) is 0 Å². The number of aliphatic hydroxyl groups is 1. The Labute approximate surface area is 130 Å². The van der Waals surface area contributed by atoms with Crippen molar-refractivity contribution in [2.24, 2.45) is 5.92 Å². The molecule has 1 aromatic heterocycles. The number of carbonyl (C=O) groups is 1.